The van der Waals surface area contributed by atoms with Crippen molar-refractivity contribution in [2.24, 2.45) is 0 Å². The Morgan fingerprint density at radius 2 is 1.75 bits per heavy atom. The van der Waals surface area contributed by atoms with Gasteiger partial charge >= 0.3 is 0 Å². The van der Waals surface area contributed by atoms with Crippen molar-refractivity contribution in [3.8, 4) is 0 Å². The van der Waals surface area contributed by atoms with E-state index >= 15 is 0 Å². The van der Waals surface area contributed by atoms with Crippen molar-refractivity contribution in [1.29, 1.82) is 0 Å². The molecule has 1 aromatic rings. The zero-order valence-electron chi connectivity index (χ0n) is 9.83. The summed E-state index contributed by atoms with van der Waals surface area (Å²) in [4.78, 5) is 0. The van der Waals surface area contributed by atoms with Crippen molar-refractivity contribution in [3.63, 3.8) is 0 Å². The Morgan fingerprint density at radius 3 is 2.25 bits per heavy atom. The zero-order chi connectivity index (χ0) is 12.0. The first kappa shape index (κ1) is 13.1. The van der Waals surface area contributed by atoms with Gasteiger partial charge in [0.25, 0.3) is 5.97 Å². The highest BCUT2D eigenvalue weighted by molar-refractivity contribution is 5.16. The van der Waals surface area contributed by atoms with E-state index in [1.54, 1.807) is 6.07 Å². The van der Waals surface area contributed by atoms with Gasteiger partial charge in [-0.25, -0.2) is 4.39 Å². The topological polar surface area (TPSA) is 27.7 Å². The second-order valence-corrected chi connectivity index (χ2v) is 3.43. The number of hydrogen-bond acceptors (Lipinski definition) is 3. The smallest absolute Gasteiger partial charge is 0.282 e. The average molecular weight is 228 g/mol. The molecule has 0 radical (unpaired) electrons. The van der Waals surface area contributed by atoms with Gasteiger partial charge in [-0.1, -0.05) is 12.1 Å². The first-order valence-electron chi connectivity index (χ1n) is 5.05. The number of aryl methyl sites for hydroxylation is 1. The molecule has 0 aromatic heterocycles. The molecule has 0 aliphatic heterocycles. The van der Waals surface area contributed by atoms with Crippen LogP contribution in [0.5, 0.6) is 0 Å². The SMILES string of the molecule is COC(CCc1cccc(F)c1)(OC)OC. The Labute approximate surface area is 95.1 Å². The number of rotatable bonds is 6. The quantitative estimate of drug-likeness (QED) is 0.699. The molecule has 0 saturated carbocycles. The maximum absolute atomic E-state index is 12.9. The van der Waals surface area contributed by atoms with E-state index in [2.05, 4.69) is 0 Å². The maximum atomic E-state index is 12.9. The van der Waals surface area contributed by atoms with Crippen LogP contribution in [0.4, 0.5) is 4.39 Å². The van der Waals surface area contributed by atoms with Crippen molar-refractivity contribution in [3.05, 3.63) is 35.6 Å². The fourth-order valence-electron chi connectivity index (χ4n) is 1.55. The Hall–Kier alpha value is -0.970. The third kappa shape index (κ3) is 3.27. The molecule has 3 nitrogen and oxygen atoms in total. The molecule has 16 heavy (non-hydrogen) atoms. The van der Waals surface area contributed by atoms with Crippen LogP contribution in [0.3, 0.4) is 0 Å². The average Bonchev–Trinajstić information content (AvgIpc) is 2.32. The van der Waals surface area contributed by atoms with Crippen molar-refractivity contribution < 1.29 is 18.6 Å². The van der Waals surface area contributed by atoms with Gasteiger partial charge in [-0.3, -0.25) is 0 Å². The fourth-order valence-corrected chi connectivity index (χ4v) is 1.55. The van der Waals surface area contributed by atoms with Gasteiger partial charge in [0.1, 0.15) is 5.82 Å². The summed E-state index contributed by atoms with van der Waals surface area (Å²) in [6, 6.07) is 6.44. The molecule has 0 N–H and O–H groups in total. The van der Waals surface area contributed by atoms with E-state index in [9.17, 15) is 4.39 Å². The van der Waals surface area contributed by atoms with Gasteiger partial charge in [0.15, 0.2) is 0 Å². The van der Waals surface area contributed by atoms with E-state index in [1.165, 1.54) is 33.5 Å². The Bertz CT molecular complexity index is 316. The van der Waals surface area contributed by atoms with Gasteiger partial charge in [-0.15, -0.1) is 0 Å². The van der Waals surface area contributed by atoms with E-state index < -0.39 is 5.97 Å². The molecular formula is C12H17FO3. The summed E-state index contributed by atoms with van der Waals surface area (Å²) in [5.41, 5.74) is 0.885. The van der Waals surface area contributed by atoms with Gasteiger partial charge < -0.3 is 14.2 Å². The lowest BCUT2D eigenvalue weighted by molar-refractivity contribution is -0.354. The maximum Gasteiger partial charge on any atom is 0.282 e. The van der Waals surface area contributed by atoms with Crippen LogP contribution >= 0.6 is 0 Å². The lowest BCUT2D eigenvalue weighted by atomic mass is 10.1. The molecule has 1 aromatic carbocycles. The highest BCUT2D eigenvalue weighted by Gasteiger charge is 2.28. The fraction of sp³-hybridized carbons (Fsp3) is 0.500. The summed E-state index contributed by atoms with van der Waals surface area (Å²) in [5, 5.41) is 0. The lowest BCUT2D eigenvalue weighted by Gasteiger charge is -2.28. The standard InChI is InChI=1S/C12H17FO3/c1-14-12(15-2,16-3)8-7-10-5-4-6-11(13)9-10/h4-6,9H,7-8H2,1-3H3. The molecule has 0 saturated heterocycles. The monoisotopic (exact) mass is 228 g/mol. The van der Waals surface area contributed by atoms with Crippen LogP contribution in [0.15, 0.2) is 24.3 Å². The highest BCUT2D eigenvalue weighted by atomic mass is 19.1. The van der Waals surface area contributed by atoms with E-state index in [0.717, 1.165) is 5.56 Å². The lowest BCUT2D eigenvalue weighted by Crippen LogP contribution is -2.36. The van der Waals surface area contributed by atoms with Gasteiger partial charge in [0.2, 0.25) is 0 Å². The van der Waals surface area contributed by atoms with E-state index in [1.807, 2.05) is 6.07 Å². The second-order valence-electron chi connectivity index (χ2n) is 3.43. The van der Waals surface area contributed by atoms with Gasteiger partial charge in [0.05, 0.1) is 0 Å². The molecule has 0 spiro atoms. The molecule has 4 heteroatoms. The third-order valence-corrected chi connectivity index (χ3v) is 2.54. The van der Waals surface area contributed by atoms with Crippen molar-refractivity contribution >= 4 is 0 Å². The minimum absolute atomic E-state index is 0.240. The summed E-state index contributed by atoms with van der Waals surface area (Å²) in [6.45, 7) is 0. The van der Waals surface area contributed by atoms with Crippen molar-refractivity contribution in [1.82, 2.24) is 0 Å². The highest BCUT2D eigenvalue weighted by Crippen LogP contribution is 2.20. The van der Waals surface area contributed by atoms with Gasteiger partial charge in [-0.2, -0.15) is 0 Å². The molecule has 0 aliphatic rings. The predicted octanol–water partition coefficient (Wildman–Crippen LogP) is 2.35. The Morgan fingerprint density at radius 1 is 1.12 bits per heavy atom. The van der Waals surface area contributed by atoms with Crippen LogP contribution in [0.1, 0.15) is 12.0 Å². The molecule has 0 bridgehead atoms. The van der Waals surface area contributed by atoms with Gasteiger partial charge in [-0.05, 0) is 24.1 Å². The molecule has 0 unspecified atom stereocenters. The summed E-state index contributed by atoms with van der Waals surface area (Å²) in [7, 11) is 4.54. The normalized spacial score (nSPS) is 11.8. The van der Waals surface area contributed by atoms with Gasteiger partial charge in [0, 0.05) is 27.8 Å². The molecule has 0 fully saturated rings. The second kappa shape index (κ2) is 5.94. The Balaban J connectivity index is 2.62. The van der Waals surface area contributed by atoms with E-state index in [4.69, 9.17) is 14.2 Å². The summed E-state index contributed by atoms with van der Waals surface area (Å²) < 4.78 is 28.4. The summed E-state index contributed by atoms with van der Waals surface area (Å²) in [5.74, 6) is -1.29. The van der Waals surface area contributed by atoms with E-state index in [-0.39, 0.29) is 5.82 Å². The number of benzene rings is 1. The summed E-state index contributed by atoms with van der Waals surface area (Å²) in [6.07, 6.45) is 1.12. The predicted molar refractivity (Wildman–Crippen MR) is 58.5 cm³/mol. The summed E-state index contributed by atoms with van der Waals surface area (Å²) >= 11 is 0. The van der Waals surface area contributed by atoms with Crippen LogP contribution in [0, 0.1) is 5.82 Å². The first-order chi connectivity index (χ1) is 7.65. The number of ether oxygens (including phenoxy) is 3. The van der Waals surface area contributed by atoms with Crippen LogP contribution in [-0.4, -0.2) is 27.3 Å². The number of hydrogen-bond donors (Lipinski definition) is 0. The third-order valence-electron chi connectivity index (χ3n) is 2.54. The molecule has 0 atom stereocenters. The van der Waals surface area contributed by atoms with Crippen LogP contribution in [0.25, 0.3) is 0 Å². The van der Waals surface area contributed by atoms with Crippen LogP contribution in [0.2, 0.25) is 0 Å². The molecule has 0 heterocycles. The molecule has 0 amide bonds. The number of methoxy groups -OCH3 is 3. The van der Waals surface area contributed by atoms with Crippen LogP contribution in [-0.2, 0) is 20.6 Å². The van der Waals surface area contributed by atoms with E-state index in [0.29, 0.717) is 12.8 Å². The Kier molecular flexibility index (Phi) is 4.86. The minimum atomic E-state index is -1.05. The molecule has 0 aliphatic carbocycles. The van der Waals surface area contributed by atoms with Crippen molar-refractivity contribution in [2.75, 3.05) is 21.3 Å². The number of halogens is 1. The van der Waals surface area contributed by atoms with Crippen molar-refractivity contribution in [2.45, 2.75) is 18.8 Å². The molecule has 90 valence electrons. The van der Waals surface area contributed by atoms with Crippen LogP contribution < -0.4 is 0 Å². The zero-order valence-corrected chi connectivity index (χ0v) is 9.83. The largest absolute Gasteiger partial charge is 0.331 e. The minimum Gasteiger partial charge on any atom is -0.331 e. The molecular weight excluding hydrogens is 211 g/mol. The molecule has 1 rings (SSSR count). The first-order valence-corrected chi connectivity index (χ1v) is 5.05.